The predicted molar refractivity (Wildman–Crippen MR) is 83.5 cm³/mol. The van der Waals surface area contributed by atoms with E-state index in [0.717, 1.165) is 44.1 Å². The van der Waals surface area contributed by atoms with Crippen molar-refractivity contribution in [2.45, 2.75) is 75.6 Å². The zero-order valence-corrected chi connectivity index (χ0v) is 13.3. The smallest absolute Gasteiger partial charge is 0.342 e. The summed E-state index contributed by atoms with van der Waals surface area (Å²) >= 11 is 0. The summed E-state index contributed by atoms with van der Waals surface area (Å²) < 4.78 is 11.9. The van der Waals surface area contributed by atoms with Crippen LogP contribution in [-0.4, -0.2) is 17.7 Å². The van der Waals surface area contributed by atoms with Crippen LogP contribution in [0.2, 0.25) is 0 Å². The molecule has 0 spiro atoms. The Kier molecular flexibility index (Phi) is 3.30. The Balaban J connectivity index is 1.64. The molecule has 0 amide bonds. The highest BCUT2D eigenvalue weighted by atomic mass is 16.7. The van der Waals surface area contributed by atoms with E-state index in [9.17, 15) is 4.79 Å². The summed E-state index contributed by atoms with van der Waals surface area (Å²) in [5.74, 6) is -0.111. The highest BCUT2D eigenvalue weighted by molar-refractivity contribution is 5.85. The van der Waals surface area contributed by atoms with Crippen LogP contribution in [0, 0.1) is 6.92 Å². The van der Waals surface area contributed by atoms with E-state index in [0.29, 0.717) is 0 Å². The molecule has 22 heavy (non-hydrogen) atoms. The molecule has 4 rings (SSSR count). The minimum atomic E-state index is -0.714. The average Bonchev–Trinajstić information content (AvgIpc) is 3.14. The zero-order chi connectivity index (χ0) is 15.2. The van der Waals surface area contributed by atoms with Crippen LogP contribution >= 0.6 is 0 Å². The molecule has 0 bridgehead atoms. The van der Waals surface area contributed by atoms with Crippen molar-refractivity contribution in [3.05, 3.63) is 35.4 Å². The first kappa shape index (κ1) is 14.3. The minimum Gasteiger partial charge on any atom is -0.460 e. The van der Waals surface area contributed by atoms with E-state index in [-0.39, 0.29) is 12.1 Å². The molecule has 0 radical (unpaired) electrons. The Morgan fingerprint density at radius 3 is 2.50 bits per heavy atom. The van der Waals surface area contributed by atoms with Crippen molar-refractivity contribution >= 4 is 5.97 Å². The third-order valence-electron chi connectivity index (χ3n) is 5.69. The fourth-order valence-electron chi connectivity index (χ4n) is 4.01. The molecule has 1 heterocycles. The van der Waals surface area contributed by atoms with Crippen molar-refractivity contribution in [1.29, 1.82) is 0 Å². The first-order valence-corrected chi connectivity index (χ1v) is 8.65. The monoisotopic (exact) mass is 300 g/mol. The van der Waals surface area contributed by atoms with Crippen molar-refractivity contribution in [3.63, 3.8) is 0 Å². The number of carbonyl (C=O) groups excluding carboxylic acids is 1. The van der Waals surface area contributed by atoms with Gasteiger partial charge in [0.15, 0.2) is 5.60 Å². The highest BCUT2D eigenvalue weighted by Gasteiger charge is 2.75. The molecule has 3 nitrogen and oxygen atoms in total. The Hall–Kier alpha value is -1.35. The summed E-state index contributed by atoms with van der Waals surface area (Å²) in [5.41, 5.74) is 1.23. The van der Waals surface area contributed by atoms with E-state index >= 15 is 0 Å². The van der Waals surface area contributed by atoms with Crippen LogP contribution < -0.4 is 0 Å². The minimum absolute atomic E-state index is 0.111. The molecule has 2 atom stereocenters. The molecule has 2 aliphatic carbocycles. The Morgan fingerprint density at radius 2 is 1.82 bits per heavy atom. The lowest BCUT2D eigenvalue weighted by Gasteiger charge is -2.27. The van der Waals surface area contributed by atoms with Gasteiger partial charge in [0.25, 0.3) is 0 Å². The van der Waals surface area contributed by atoms with Gasteiger partial charge in [-0.1, -0.05) is 42.7 Å². The maximum atomic E-state index is 12.8. The number of ether oxygens (including phenoxy) is 2. The molecule has 3 heteroatoms. The molecule has 0 N–H and O–H groups in total. The van der Waals surface area contributed by atoms with Crippen molar-refractivity contribution in [2.24, 2.45) is 0 Å². The van der Waals surface area contributed by atoms with Crippen molar-refractivity contribution < 1.29 is 14.3 Å². The third-order valence-corrected chi connectivity index (χ3v) is 5.69. The second-order valence-electron chi connectivity index (χ2n) is 7.14. The molecule has 2 unspecified atom stereocenters. The molecular weight excluding hydrogens is 276 g/mol. The van der Waals surface area contributed by atoms with Gasteiger partial charge in [-0.25, -0.2) is 4.79 Å². The summed E-state index contributed by atoms with van der Waals surface area (Å²) in [6.07, 6.45) is 8.40. The fraction of sp³-hybridized carbons (Fsp3) is 0.632. The number of rotatable bonds is 3. The second kappa shape index (κ2) is 5.09. The van der Waals surface area contributed by atoms with Gasteiger partial charge in [-0.3, -0.25) is 0 Å². The first-order valence-electron chi connectivity index (χ1n) is 8.65. The predicted octanol–water partition coefficient (Wildman–Crippen LogP) is 4.02. The van der Waals surface area contributed by atoms with E-state index < -0.39 is 11.2 Å². The van der Waals surface area contributed by atoms with Crippen LogP contribution in [0.3, 0.4) is 0 Å². The molecule has 118 valence electrons. The van der Waals surface area contributed by atoms with Gasteiger partial charge in [0.05, 0.1) is 0 Å². The molecule has 1 aliphatic heterocycles. The van der Waals surface area contributed by atoms with Gasteiger partial charge < -0.3 is 9.47 Å². The normalized spacial score (nSPS) is 34.2. The van der Waals surface area contributed by atoms with Gasteiger partial charge >= 0.3 is 5.97 Å². The average molecular weight is 300 g/mol. The van der Waals surface area contributed by atoms with E-state index in [4.69, 9.17) is 9.47 Å². The quantitative estimate of drug-likeness (QED) is 0.625. The first-order chi connectivity index (χ1) is 10.7. The summed E-state index contributed by atoms with van der Waals surface area (Å²) in [7, 11) is 0. The molecule has 1 aromatic carbocycles. The van der Waals surface area contributed by atoms with Gasteiger partial charge in [0.2, 0.25) is 0 Å². The highest BCUT2D eigenvalue weighted by Crippen LogP contribution is 2.63. The molecule has 3 fully saturated rings. The molecule has 0 aromatic heterocycles. The molecule has 3 aliphatic rings. The van der Waals surface area contributed by atoms with Crippen molar-refractivity contribution in [1.82, 2.24) is 0 Å². The van der Waals surface area contributed by atoms with Crippen LogP contribution in [0.1, 0.15) is 62.5 Å². The number of aryl methyl sites for hydroxylation is 1. The molecule has 1 aromatic rings. The Morgan fingerprint density at radius 1 is 1.09 bits per heavy atom. The van der Waals surface area contributed by atoms with Crippen LogP contribution in [0.4, 0.5) is 0 Å². The van der Waals surface area contributed by atoms with Crippen LogP contribution in [-0.2, 0) is 19.9 Å². The number of fused-ring (bicyclic) bond motifs is 1. The van der Waals surface area contributed by atoms with Crippen molar-refractivity contribution in [3.8, 4) is 0 Å². The standard InChI is InChI=1S/C19H24O3/c1-14-8-10-15(11-9-14)18-12-3-2-4-13-19(18,22-18)17(20)21-16-6-5-7-16/h8-11,16H,2-7,12-13H2,1H3. The van der Waals surface area contributed by atoms with Gasteiger partial charge in [0, 0.05) is 0 Å². The number of hydrogen-bond acceptors (Lipinski definition) is 3. The maximum absolute atomic E-state index is 12.8. The van der Waals surface area contributed by atoms with Crippen LogP contribution in [0.15, 0.2) is 24.3 Å². The topological polar surface area (TPSA) is 38.8 Å². The Labute approximate surface area is 132 Å². The number of benzene rings is 1. The summed E-state index contributed by atoms with van der Waals surface area (Å²) in [5, 5.41) is 0. The summed E-state index contributed by atoms with van der Waals surface area (Å²) in [6, 6.07) is 8.47. The van der Waals surface area contributed by atoms with Gasteiger partial charge in [-0.2, -0.15) is 0 Å². The maximum Gasteiger partial charge on any atom is 0.342 e. The van der Waals surface area contributed by atoms with E-state index in [1.54, 1.807) is 0 Å². The van der Waals surface area contributed by atoms with Crippen molar-refractivity contribution in [2.75, 3.05) is 0 Å². The summed E-state index contributed by atoms with van der Waals surface area (Å²) in [4.78, 5) is 12.8. The number of hydrogen-bond donors (Lipinski definition) is 0. The lowest BCUT2D eigenvalue weighted by Crippen LogP contribution is -2.38. The number of esters is 1. The van der Waals surface area contributed by atoms with Gasteiger partial charge in [-0.05, 0) is 51.0 Å². The van der Waals surface area contributed by atoms with Crippen LogP contribution in [0.5, 0.6) is 0 Å². The third kappa shape index (κ3) is 2.02. The largest absolute Gasteiger partial charge is 0.460 e. The number of epoxide rings is 1. The van der Waals surface area contributed by atoms with E-state index in [2.05, 4.69) is 31.2 Å². The second-order valence-corrected chi connectivity index (χ2v) is 7.14. The lowest BCUT2D eigenvalue weighted by atomic mass is 9.82. The number of carbonyl (C=O) groups is 1. The van der Waals surface area contributed by atoms with E-state index in [1.165, 1.54) is 18.4 Å². The van der Waals surface area contributed by atoms with Crippen LogP contribution in [0.25, 0.3) is 0 Å². The molecular formula is C19H24O3. The molecule has 1 saturated heterocycles. The lowest BCUT2D eigenvalue weighted by molar-refractivity contribution is -0.160. The fourth-order valence-corrected chi connectivity index (χ4v) is 4.01. The van der Waals surface area contributed by atoms with E-state index in [1.807, 2.05) is 0 Å². The zero-order valence-electron chi connectivity index (χ0n) is 13.3. The summed E-state index contributed by atoms with van der Waals surface area (Å²) in [6.45, 7) is 2.08. The SMILES string of the molecule is Cc1ccc(C23CCCCCC2(C(=O)OC2CCC2)O3)cc1. The Bertz CT molecular complexity index is 575. The molecule has 2 saturated carbocycles. The van der Waals surface area contributed by atoms with Gasteiger partial charge in [0.1, 0.15) is 11.7 Å². The van der Waals surface area contributed by atoms with Gasteiger partial charge in [-0.15, -0.1) is 0 Å².